The summed E-state index contributed by atoms with van der Waals surface area (Å²) in [5.41, 5.74) is 2.65. The summed E-state index contributed by atoms with van der Waals surface area (Å²) in [6, 6.07) is 5.24. The number of imide groups is 1. The van der Waals surface area contributed by atoms with Crippen molar-refractivity contribution in [2.75, 3.05) is 18.0 Å². The number of carbonyl (C=O) groups is 3. The van der Waals surface area contributed by atoms with Crippen molar-refractivity contribution in [2.24, 2.45) is 5.92 Å². The number of carboxylic acid groups (broad SMARTS) is 1. The van der Waals surface area contributed by atoms with E-state index < -0.39 is 12.0 Å². The second-order valence-corrected chi connectivity index (χ2v) is 6.78. The van der Waals surface area contributed by atoms with E-state index in [0.29, 0.717) is 31.6 Å². The number of aliphatic carboxylic acids is 1. The molecule has 0 radical (unpaired) electrons. The number of amides is 2. The van der Waals surface area contributed by atoms with Crippen molar-refractivity contribution in [3.63, 3.8) is 0 Å². The van der Waals surface area contributed by atoms with Gasteiger partial charge in [0.1, 0.15) is 0 Å². The van der Waals surface area contributed by atoms with Crippen molar-refractivity contribution in [1.82, 2.24) is 4.90 Å². The molecular weight excluding hydrogens is 308 g/mol. The van der Waals surface area contributed by atoms with Gasteiger partial charge in [-0.05, 0) is 63.0 Å². The highest BCUT2D eigenvalue weighted by Crippen LogP contribution is 2.29. The SMILES string of the molecule is Cc1cc(C)cc(N2C(=O)C[C@H](N3CCC(C(=O)O)CC3)C2=O)c1. The first-order chi connectivity index (χ1) is 11.4. The van der Waals surface area contributed by atoms with Gasteiger partial charge in [-0.2, -0.15) is 0 Å². The fourth-order valence-electron chi connectivity index (χ4n) is 3.71. The zero-order valence-electron chi connectivity index (χ0n) is 14.0. The lowest BCUT2D eigenvalue weighted by Gasteiger charge is -2.33. The Morgan fingerprint density at radius 3 is 2.21 bits per heavy atom. The molecular formula is C18H22N2O4. The van der Waals surface area contributed by atoms with Crippen LogP contribution in [0.1, 0.15) is 30.4 Å². The molecule has 2 heterocycles. The highest BCUT2D eigenvalue weighted by Gasteiger charge is 2.43. The number of hydrogen-bond acceptors (Lipinski definition) is 4. The molecule has 128 valence electrons. The van der Waals surface area contributed by atoms with Crippen molar-refractivity contribution in [1.29, 1.82) is 0 Å². The number of carbonyl (C=O) groups excluding carboxylic acids is 2. The summed E-state index contributed by atoms with van der Waals surface area (Å²) < 4.78 is 0. The van der Waals surface area contributed by atoms with Crippen LogP contribution in [0.15, 0.2) is 18.2 Å². The van der Waals surface area contributed by atoms with Crippen molar-refractivity contribution < 1.29 is 19.5 Å². The van der Waals surface area contributed by atoms with Gasteiger partial charge in [-0.25, -0.2) is 4.90 Å². The third kappa shape index (κ3) is 3.06. The van der Waals surface area contributed by atoms with Crippen LogP contribution in [0.2, 0.25) is 0 Å². The molecule has 2 fully saturated rings. The zero-order valence-corrected chi connectivity index (χ0v) is 14.0. The van der Waals surface area contributed by atoms with Gasteiger partial charge in [-0.15, -0.1) is 0 Å². The maximum absolute atomic E-state index is 12.8. The van der Waals surface area contributed by atoms with Gasteiger partial charge in [0.05, 0.1) is 24.1 Å². The van der Waals surface area contributed by atoms with Crippen LogP contribution in [0, 0.1) is 19.8 Å². The molecule has 0 saturated carbocycles. The quantitative estimate of drug-likeness (QED) is 0.854. The first-order valence-corrected chi connectivity index (χ1v) is 8.29. The fourth-order valence-corrected chi connectivity index (χ4v) is 3.71. The van der Waals surface area contributed by atoms with Gasteiger partial charge in [0, 0.05) is 0 Å². The Labute approximate surface area is 141 Å². The summed E-state index contributed by atoms with van der Waals surface area (Å²) in [6.45, 7) is 4.97. The van der Waals surface area contributed by atoms with E-state index >= 15 is 0 Å². The van der Waals surface area contributed by atoms with E-state index in [1.807, 2.05) is 36.9 Å². The highest BCUT2D eigenvalue weighted by molar-refractivity contribution is 6.22. The number of anilines is 1. The van der Waals surface area contributed by atoms with Gasteiger partial charge in [0.25, 0.3) is 5.91 Å². The van der Waals surface area contributed by atoms with Crippen molar-refractivity contribution in [3.8, 4) is 0 Å². The summed E-state index contributed by atoms with van der Waals surface area (Å²) >= 11 is 0. The molecule has 6 nitrogen and oxygen atoms in total. The van der Waals surface area contributed by atoms with Crippen molar-refractivity contribution in [3.05, 3.63) is 29.3 Å². The van der Waals surface area contributed by atoms with E-state index in [-0.39, 0.29) is 24.2 Å². The Hall–Kier alpha value is -2.21. The molecule has 3 rings (SSSR count). The van der Waals surface area contributed by atoms with Crippen LogP contribution in [0.4, 0.5) is 5.69 Å². The summed E-state index contributed by atoms with van der Waals surface area (Å²) in [5, 5.41) is 9.08. The Kier molecular flexibility index (Phi) is 4.41. The summed E-state index contributed by atoms with van der Waals surface area (Å²) in [5.74, 6) is -1.50. The minimum atomic E-state index is -0.777. The first kappa shape index (κ1) is 16.6. The number of carboxylic acids is 1. The van der Waals surface area contributed by atoms with Crippen LogP contribution in [0.5, 0.6) is 0 Å². The Bertz CT molecular complexity index is 672. The smallest absolute Gasteiger partial charge is 0.306 e. The molecule has 2 amide bonds. The summed E-state index contributed by atoms with van der Waals surface area (Å²) in [7, 11) is 0. The monoisotopic (exact) mass is 330 g/mol. The molecule has 1 atom stereocenters. The molecule has 1 N–H and O–H groups in total. The molecule has 0 unspecified atom stereocenters. The van der Waals surface area contributed by atoms with Crippen LogP contribution in [-0.2, 0) is 14.4 Å². The van der Waals surface area contributed by atoms with Gasteiger partial charge in [-0.1, -0.05) is 6.07 Å². The topological polar surface area (TPSA) is 77.9 Å². The Morgan fingerprint density at radius 2 is 1.67 bits per heavy atom. The Morgan fingerprint density at radius 1 is 1.08 bits per heavy atom. The summed E-state index contributed by atoms with van der Waals surface area (Å²) in [6.07, 6.45) is 1.22. The van der Waals surface area contributed by atoms with Crippen molar-refractivity contribution >= 4 is 23.5 Å². The van der Waals surface area contributed by atoms with Crippen LogP contribution < -0.4 is 4.90 Å². The van der Waals surface area contributed by atoms with E-state index in [0.717, 1.165) is 11.1 Å². The number of nitrogens with zero attached hydrogens (tertiary/aromatic N) is 2. The average Bonchev–Trinajstić information content (AvgIpc) is 2.81. The lowest BCUT2D eigenvalue weighted by Crippen LogP contribution is -2.46. The largest absolute Gasteiger partial charge is 0.481 e. The minimum absolute atomic E-state index is 0.170. The van der Waals surface area contributed by atoms with E-state index in [1.54, 1.807) is 0 Å². The van der Waals surface area contributed by atoms with E-state index in [1.165, 1.54) is 4.90 Å². The number of benzene rings is 1. The second-order valence-electron chi connectivity index (χ2n) is 6.78. The molecule has 0 bridgehead atoms. The summed E-state index contributed by atoms with van der Waals surface area (Å²) in [4.78, 5) is 39.5. The Balaban J connectivity index is 1.76. The molecule has 1 aromatic rings. The van der Waals surface area contributed by atoms with Crippen LogP contribution >= 0.6 is 0 Å². The van der Waals surface area contributed by atoms with Gasteiger partial charge >= 0.3 is 5.97 Å². The number of hydrogen-bond donors (Lipinski definition) is 1. The number of aryl methyl sites for hydroxylation is 2. The predicted molar refractivity (Wildman–Crippen MR) is 88.7 cm³/mol. The lowest BCUT2D eigenvalue weighted by molar-refractivity contribution is -0.143. The zero-order chi connectivity index (χ0) is 17.4. The minimum Gasteiger partial charge on any atom is -0.481 e. The fraction of sp³-hybridized carbons (Fsp3) is 0.500. The molecule has 24 heavy (non-hydrogen) atoms. The molecule has 2 aliphatic heterocycles. The molecule has 2 saturated heterocycles. The van der Waals surface area contributed by atoms with E-state index in [2.05, 4.69) is 0 Å². The third-order valence-electron chi connectivity index (χ3n) is 4.91. The molecule has 2 aliphatic rings. The normalized spacial score (nSPS) is 23.1. The third-order valence-corrected chi connectivity index (χ3v) is 4.91. The van der Waals surface area contributed by atoms with Gasteiger partial charge in [-0.3, -0.25) is 19.3 Å². The van der Waals surface area contributed by atoms with Crippen LogP contribution in [0.3, 0.4) is 0 Å². The number of likely N-dealkylation sites (tertiary alicyclic amines) is 1. The maximum atomic E-state index is 12.8. The maximum Gasteiger partial charge on any atom is 0.306 e. The second kappa shape index (κ2) is 6.36. The van der Waals surface area contributed by atoms with Crippen LogP contribution in [-0.4, -0.2) is 46.9 Å². The standard InChI is InChI=1S/C18H22N2O4/c1-11-7-12(2)9-14(8-11)20-16(21)10-15(17(20)22)19-5-3-13(4-6-19)18(23)24/h7-9,13,15H,3-6,10H2,1-2H3,(H,23,24)/t15-/m0/s1. The lowest BCUT2D eigenvalue weighted by atomic mass is 9.96. The molecule has 0 aliphatic carbocycles. The molecule has 1 aromatic carbocycles. The molecule has 6 heteroatoms. The average molecular weight is 330 g/mol. The van der Waals surface area contributed by atoms with Crippen LogP contribution in [0.25, 0.3) is 0 Å². The highest BCUT2D eigenvalue weighted by atomic mass is 16.4. The van der Waals surface area contributed by atoms with E-state index in [9.17, 15) is 14.4 Å². The predicted octanol–water partition coefficient (Wildman–Crippen LogP) is 1.73. The first-order valence-electron chi connectivity index (χ1n) is 8.29. The number of piperidine rings is 1. The van der Waals surface area contributed by atoms with Gasteiger partial charge in [0.15, 0.2) is 0 Å². The number of rotatable bonds is 3. The van der Waals surface area contributed by atoms with Gasteiger partial charge < -0.3 is 5.11 Å². The van der Waals surface area contributed by atoms with E-state index in [4.69, 9.17) is 5.11 Å². The van der Waals surface area contributed by atoms with Gasteiger partial charge in [0.2, 0.25) is 5.91 Å². The molecule has 0 spiro atoms. The molecule has 0 aromatic heterocycles. The van der Waals surface area contributed by atoms with Crippen molar-refractivity contribution in [2.45, 2.75) is 39.2 Å².